The highest BCUT2D eigenvalue weighted by Crippen LogP contribution is 2.31. The monoisotopic (exact) mass is 392 g/mol. The molecule has 2 aliphatic heterocycles. The van der Waals surface area contributed by atoms with Crippen molar-refractivity contribution >= 4 is 28.5 Å². The van der Waals surface area contributed by atoms with Gasteiger partial charge in [0.25, 0.3) is 5.91 Å². The minimum atomic E-state index is -0.425. The van der Waals surface area contributed by atoms with Crippen LogP contribution in [0.3, 0.4) is 0 Å². The number of thioether (sulfide) groups is 1. The van der Waals surface area contributed by atoms with Crippen LogP contribution in [0, 0.1) is 0 Å². The number of benzene rings is 2. The topological polar surface area (TPSA) is 66.3 Å². The van der Waals surface area contributed by atoms with Gasteiger partial charge in [0.05, 0.1) is 12.0 Å². The molecule has 0 fully saturated rings. The summed E-state index contributed by atoms with van der Waals surface area (Å²) in [5, 5.41) is 11.4. The Balaban J connectivity index is 1.83. The average Bonchev–Trinajstić information content (AvgIpc) is 2.72. The van der Waals surface area contributed by atoms with Gasteiger partial charge in [-0.1, -0.05) is 48.2 Å². The van der Waals surface area contributed by atoms with Gasteiger partial charge in [-0.15, -0.1) is 11.7 Å². The van der Waals surface area contributed by atoms with Crippen molar-refractivity contribution in [1.82, 2.24) is 10.3 Å². The van der Waals surface area contributed by atoms with E-state index in [0.29, 0.717) is 23.2 Å². The van der Waals surface area contributed by atoms with Gasteiger partial charge < -0.3 is 4.74 Å². The molecule has 1 N–H and O–H groups in total. The van der Waals surface area contributed by atoms with Crippen LogP contribution in [0.2, 0.25) is 0 Å². The smallest absolute Gasteiger partial charge is 0.276 e. The van der Waals surface area contributed by atoms with Crippen molar-refractivity contribution in [3.63, 3.8) is 0 Å². The van der Waals surface area contributed by atoms with Crippen molar-refractivity contribution in [3.8, 4) is 5.75 Å². The third kappa shape index (κ3) is 3.41. The van der Waals surface area contributed by atoms with Crippen molar-refractivity contribution < 1.29 is 9.53 Å². The van der Waals surface area contributed by atoms with Crippen molar-refractivity contribution in [1.29, 1.82) is 0 Å². The van der Waals surface area contributed by atoms with E-state index < -0.39 is 6.17 Å². The third-order valence-electron chi connectivity index (χ3n) is 4.34. The van der Waals surface area contributed by atoms with E-state index in [1.165, 1.54) is 11.8 Å². The number of amides is 1. The molecule has 2 aliphatic rings. The lowest BCUT2D eigenvalue weighted by atomic mass is 10.1. The fourth-order valence-electron chi connectivity index (χ4n) is 3.15. The number of para-hydroxylation sites is 1. The molecular weight excluding hydrogens is 372 g/mol. The van der Waals surface area contributed by atoms with E-state index in [4.69, 9.17) is 9.73 Å². The van der Waals surface area contributed by atoms with Crippen LogP contribution in [0.4, 0.5) is 0 Å². The molecule has 0 bridgehead atoms. The molecule has 0 radical (unpaired) electrons. The second-order valence-corrected chi connectivity index (χ2v) is 7.18. The Morgan fingerprint density at radius 2 is 2.04 bits per heavy atom. The molecule has 1 amide bonds. The number of carbonyl (C=O) groups is 1. The summed E-state index contributed by atoms with van der Waals surface area (Å²) in [5.41, 5.74) is 1.44. The first-order chi connectivity index (χ1) is 13.7. The number of rotatable bonds is 5. The second kappa shape index (κ2) is 7.90. The van der Waals surface area contributed by atoms with E-state index in [0.717, 1.165) is 21.9 Å². The molecule has 0 spiro atoms. The van der Waals surface area contributed by atoms with Crippen molar-refractivity contribution in [3.05, 3.63) is 77.3 Å². The summed E-state index contributed by atoms with van der Waals surface area (Å²) in [4.78, 5) is 17.8. The molecule has 6 nitrogen and oxygen atoms in total. The Hall–Kier alpha value is -3.06. The van der Waals surface area contributed by atoms with E-state index in [2.05, 4.69) is 17.0 Å². The fraction of sp³-hybridized carbons (Fsp3) is 0.190. The number of fused-ring (bicyclic) bond motifs is 2. The molecule has 0 aromatic heterocycles. The van der Waals surface area contributed by atoms with Crippen LogP contribution in [0.1, 0.15) is 18.7 Å². The lowest BCUT2D eigenvalue weighted by Crippen LogP contribution is -2.50. The Labute approximate surface area is 167 Å². The summed E-state index contributed by atoms with van der Waals surface area (Å²) in [7, 11) is 0. The molecule has 2 aromatic rings. The van der Waals surface area contributed by atoms with E-state index in [9.17, 15) is 4.79 Å². The van der Waals surface area contributed by atoms with Crippen LogP contribution in [0.25, 0.3) is 5.70 Å². The van der Waals surface area contributed by atoms with Gasteiger partial charge in [-0.3, -0.25) is 15.1 Å². The molecule has 0 saturated carbocycles. The van der Waals surface area contributed by atoms with Crippen molar-refractivity contribution in [2.75, 3.05) is 12.4 Å². The normalized spacial score (nSPS) is 17.7. The zero-order chi connectivity index (χ0) is 19.5. The number of hydrogen-bond acceptors (Lipinski definition) is 6. The van der Waals surface area contributed by atoms with E-state index in [-0.39, 0.29) is 5.91 Å². The molecule has 142 valence electrons. The van der Waals surface area contributed by atoms with Crippen LogP contribution in [-0.2, 0) is 4.79 Å². The van der Waals surface area contributed by atoms with Gasteiger partial charge in [-0.2, -0.15) is 0 Å². The van der Waals surface area contributed by atoms with Crippen LogP contribution >= 0.6 is 11.8 Å². The molecular formula is C21H20N4O2S. The lowest BCUT2D eigenvalue weighted by molar-refractivity contribution is -0.116. The van der Waals surface area contributed by atoms with Crippen molar-refractivity contribution in [2.45, 2.75) is 13.1 Å². The van der Waals surface area contributed by atoms with Crippen LogP contribution < -0.4 is 20.6 Å². The zero-order valence-corrected chi connectivity index (χ0v) is 16.3. The summed E-state index contributed by atoms with van der Waals surface area (Å²) in [6, 6.07) is 15.4. The van der Waals surface area contributed by atoms with Crippen LogP contribution in [0.15, 0.2) is 71.3 Å². The zero-order valence-electron chi connectivity index (χ0n) is 15.5. The standard InChI is InChI=1S/C21H20N4O2S/c1-3-13-28-21-23-20(26)18-16-7-5-6-8-17(16)22-19(25(18)24-21)14-9-11-15(12-10-14)27-4-2/h3,5-12,19H,1,4,13H2,2H3,(H,23,24,26)/t19-/m1/s1. The summed E-state index contributed by atoms with van der Waals surface area (Å²) in [5.74, 6) is 1.28. The number of hydrazone groups is 1. The number of amidine groups is 1. The van der Waals surface area contributed by atoms with Gasteiger partial charge in [0.15, 0.2) is 11.3 Å². The Kier molecular flexibility index (Phi) is 5.16. The maximum atomic E-state index is 12.9. The minimum Gasteiger partial charge on any atom is -0.494 e. The minimum absolute atomic E-state index is 0.181. The van der Waals surface area contributed by atoms with Gasteiger partial charge >= 0.3 is 0 Å². The molecule has 7 heteroatoms. The highest BCUT2D eigenvalue weighted by Gasteiger charge is 2.34. The number of ether oxygens (including phenoxy) is 1. The first-order valence-electron chi connectivity index (χ1n) is 9.04. The number of nitrogens with one attached hydrogen (secondary N) is 1. The molecule has 4 rings (SSSR count). The first kappa shape index (κ1) is 18.3. The second-order valence-electron chi connectivity index (χ2n) is 6.17. The summed E-state index contributed by atoms with van der Waals surface area (Å²) < 4.78 is 5.54. The Morgan fingerprint density at radius 1 is 1.25 bits per heavy atom. The number of nitrogens with zero attached hydrogens (tertiary/aromatic N) is 3. The first-order valence-corrected chi connectivity index (χ1v) is 10.0. The molecule has 2 aromatic carbocycles. The summed E-state index contributed by atoms with van der Waals surface area (Å²) in [6.07, 6.45) is 1.35. The van der Waals surface area contributed by atoms with Gasteiger partial charge in [0.2, 0.25) is 0 Å². The highest BCUT2D eigenvalue weighted by atomic mass is 32.2. The molecule has 1 atom stereocenters. The molecule has 0 unspecified atom stereocenters. The molecule has 28 heavy (non-hydrogen) atoms. The summed E-state index contributed by atoms with van der Waals surface area (Å²) in [6.45, 7) is 6.28. The van der Waals surface area contributed by atoms with Gasteiger partial charge in [0, 0.05) is 11.0 Å². The Morgan fingerprint density at radius 3 is 2.79 bits per heavy atom. The van der Waals surface area contributed by atoms with Gasteiger partial charge in [-0.25, -0.2) is 5.01 Å². The quantitative estimate of drug-likeness (QED) is 0.792. The number of hydrogen-bond donors (Lipinski definition) is 1. The molecule has 0 saturated heterocycles. The lowest BCUT2D eigenvalue weighted by Gasteiger charge is -2.34. The summed E-state index contributed by atoms with van der Waals surface area (Å²) >= 11 is 1.43. The largest absolute Gasteiger partial charge is 0.494 e. The SMILES string of the molecule is C=CCSC1=NN2C(=c3ccccc3=N[C@H]2c2ccc(OCC)cc2)C(=O)N1. The maximum Gasteiger partial charge on any atom is 0.276 e. The number of carbonyl (C=O) groups excluding carboxylic acids is 1. The molecule has 2 heterocycles. The van der Waals surface area contributed by atoms with Crippen LogP contribution in [0.5, 0.6) is 5.75 Å². The van der Waals surface area contributed by atoms with Gasteiger partial charge in [0.1, 0.15) is 11.4 Å². The van der Waals surface area contributed by atoms with E-state index >= 15 is 0 Å². The predicted octanol–water partition coefficient (Wildman–Crippen LogP) is 2.15. The maximum absolute atomic E-state index is 12.9. The molecule has 0 aliphatic carbocycles. The van der Waals surface area contributed by atoms with Gasteiger partial charge in [-0.05, 0) is 30.7 Å². The third-order valence-corrected chi connectivity index (χ3v) is 5.20. The van der Waals surface area contributed by atoms with Crippen LogP contribution in [-0.4, -0.2) is 28.4 Å². The van der Waals surface area contributed by atoms with Crippen molar-refractivity contribution in [2.24, 2.45) is 10.1 Å². The highest BCUT2D eigenvalue weighted by molar-refractivity contribution is 8.14. The fourth-order valence-corrected chi connectivity index (χ4v) is 3.74. The Bertz CT molecular complexity index is 1060. The van der Waals surface area contributed by atoms with E-state index in [1.54, 1.807) is 11.1 Å². The average molecular weight is 392 g/mol. The van der Waals surface area contributed by atoms with E-state index in [1.807, 2.05) is 55.5 Å². The predicted molar refractivity (Wildman–Crippen MR) is 111 cm³/mol.